The number of carboxylic acids is 1. The first-order chi connectivity index (χ1) is 9.60. The summed E-state index contributed by atoms with van der Waals surface area (Å²) >= 11 is 0. The molecule has 0 spiro atoms. The van der Waals surface area contributed by atoms with Crippen LogP contribution in [0, 0.1) is 0 Å². The minimum Gasteiger partial charge on any atom is -0.478 e. The molecule has 2 N–H and O–H groups in total. The SMILES string of the molecule is CC(C(=O)O)=C(C)C(=O)Nc1ccc(OC(F)(F)F)cc1. The van der Waals surface area contributed by atoms with Crippen molar-refractivity contribution in [3.8, 4) is 5.75 Å². The fraction of sp³-hybridized carbons (Fsp3) is 0.231. The lowest BCUT2D eigenvalue weighted by atomic mass is 10.1. The Morgan fingerprint density at radius 1 is 1.10 bits per heavy atom. The summed E-state index contributed by atoms with van der Waals surface area (Å²) in [6.07, 6.45) is -4.79. The zero-order valence-corrected chi connectivity index (χ0v) is 11.1. The summed E-state index contributed by atoms with van der Waals surface area (Å²) in [4.78, 5) is 22.4. The number of hydrogen-bond donors (Lipinski definition) is 2. The van der Waals surface area contributed by atoms with Crippen LogP contribution < -0.4 is 10.1 Å². The molecule has 0 aliphatic heterocycles. The molecule has 0 bridgehead atoms. The molecule has 0 saturated heterocycles. The Hall–Kier alpha value is -2.51. The Morgan fingerprint density at radius 2 is 1.62 bits per heavy atom. The van der Waals surface area contributed by atoms with E-state index < -0.39 is 24.0 Å². The number of carbonyl (C=O) groups excluding carboxylic acids is 1. The number of hydrogen-bond acceptors (Lipinski definition) is 3. The van der Waals surface area contributed by atoms with Gasteiger partial charge in [0.1, 0.15) is 5.75 Å². The number of carbonyl (C=O) groups is 2. The number of ether oxygens (including phenoxy) is 1. The maximum absolute atomic E-state index is 12.0. The molecule has 21 heavy (non-hydrogen) atoms. The van der Waals surface area contributed by atoms with Gasteiger partial charge in [0.2, 0.25) is 0 Å². The molecule has 0 saturated carbocycles. The summed E-state index contributed by atoms with van der Waals surface area (Å²) in [5.41, 5.74) is 0.0923. The highest BCUT2D eigenvalue weighted by Gasteiger charge is 2.30. The molecular weight excluding hydrogens is 291 g/mol. The molecule has 0 heterocycles. The van der Waals surface area contributed by atoms with E-state index in [0.29, 0.717) is 0 Å². The number of anilines is 1. The number of amides is 1. The Morgan fingerprint density at radius 3 is 2.05 bits per heavy atom. The molecule has 0 aliphatic carbocycles. The number of halogens is 3. The average molecular weight is 303 g/mol. The van der Waals surface area contributed by atoms with E-state index in [4.69, 9.17) is 5.11 Å². The summed E-state index contributed by atoms with van der Waals surface area (Å²) < 4.78 is 39.6. The molecule has 0 radical (unpaired) electrons. The van der Waals surface area contributed by atoms with Crippen molar-refractivity contribution in [2.24, 2.45) is 0 Å². The zero-order chi connectivity index (χ0) is 16.2. The maximum Gasteiger partial charge on any atom is 0.573 e. The second kappa shape index (κ2) is 6.29. The van der Waals surface area contributed by atoms with Gasteiger partial charge in [-0.2, -0.15) is 0 Å². The van der Waals surface area contributed by atoms with E-state index in [1.54, 1.807) is 0 Å². The molecule has 1 aromatic carbocycles. The van der Waals surface area contributed by atoms with Crippen molar-refractivity contribution < 1.29 is 32.6 Å². The van der Waals surface area contributed by atoms with Crippen molar-refractivity contribution in [1.82, 2.24) is 0 Å². The summed E-state index contributed by atoms with van der Waals surface area (Å²) in [7, 11) is 0. The number of nitrogens with one attached hydrogen (secondary N) is 1. The predicted molar refractivity (Wildman–Crippen MR) is 67.8 cm³/mol. The first kappa shape index (κ1) is 16.5. The molecule has 8 heteroatoms. The van der Waals surface area contributed by atoms with Gasteiger partial charge in [-0.05, 0) is 38.1 Å². The lowest BCUT2D eigenvalue weighted by Gasteiger charge is -2.10. The minimum atomic E-state index is -4.79. The van der Waals surface area contributed by atoms with Crippen LogP contribution >= 0.6 is 0 Å². The molecule has 114 valence electrons. The summed E-state index contributed by atoms with van der Waals surface area (Å²) in [5, 5.41) is 11.1. The molecular formula is C13H12F3NO4. The Bertz CT molecular complexity index is 576. The second-order valence-electron chi connectivity index (χ2n) is 4.08. The van der Waals surface area contributed by atoms with Crippen LogP contribution in [-0.4, -0.2) is 23.3 Å². The first-order valence-corrected chi connectivity index (χ1v) is 5.68. The smallest absolute Gasteiger partial charge is 0.478 e. The van der Waals surface area contributed by atoms with E-state index in [1.165, 1.54) is 26.0 Å². The third kappa shape index (κ3) is 5.17. The predicted octanol–water partition coefficient (Wildman–Crippen LogP) is 2.94. The fourth-order valence-corrected chi connectivity index (χ4v) is 1.30. The largest absolute Gasteiger partial charge is 0.573 e. The van der Waals surface area contributed by atoms with Gasteiger partial charge in [-0.1, -0.05) is 0 Å². The highest BCUT2D eigenvalue weighted by Crippen LogP contribution is 2.24. The van der Waals surface area contributed by atoms with Gasteiger partial charge in [-0.3, -0.25) is 4.79 Å². The standard InChI is InChI=1S/C13H12F3NO4/c1-7(8(2)12(19)20)11(18)17-9-3-5-10(6-4-9)21-13(14,15)16/h3-6H,1-2H3,(H,17,18)(H,19,20). The van der Waals surface area contributed by atoms with Crippen LogP contribution in [-0.2, 0) is 9.59 Å². The van der Waals surface area contributed by atoms with Gasteiger partial charge in [0.25, 0.3) is 5.91 Å². The highest BCUT2D eigenvalue weighted by atomic mass is 19.4. The summed E-state index contributed by atoms with van der Waals surface area (Å²) in [6.45, 7) is 2.61. The fourth-order valence-electron chi connectivity index (χ4n) is 1.30. The molecule has 1 amide bonds. The number of benzene rings is 1. The topological polar surface area (TPSA) is 75.6 Å². The quantitative estimate of drug-likeness (QED) is 0.839. The normalized spacial score (nSPS) is 12.4. The number of alkyl halides is 3. The van der Waals surface area contributed by atoms with Gasteiger partial charge in [-0.15, -0.1) is 13.2 Å². The summed E-state index contributed by atoms with van der Waals surface area (Å²) in [5.74, 6) is -2.30. The Kier molecular flexibility index (Phi) is 4.96. The lowest BCUT2D eigenvalue weighted by Crippen LogP contribution is -2.17. The van der Waals surface area contributed by atoms with Crippen LogP contribution in [0.1, 0.15) is 13.8 Å². The minimum absolute atomic E-state index is 0.00174. The molecule has 0 aliphatic rings. The first-order valence-electron chi connectivity index (χ1n) is 5.68. The Labute approximate surface area is 118 Å². The Balaban J connectivity index is 2.79. The number of aliphatic carboxylic acids is 1. The van der Waals surface area contributed by atoms with Gasteiger partial charge in [-0.25, -0.2) is 4.79 Å². The van der Waals surface area contributed by atoms with Crippen LogP contribution in [0.3, 0.4) is 0 Å². The van der Waals surface area contributed by atoms with E-state index >= 15 is 0 Å². The third-order valence-electron chi connectivity index (χ3n) is 2.57. The maximum atomic E-state index is 12.0. The monoisotopic (exact) mass is 303 g/mol. The van der Waals surface area contributed by atoms with E-state index in [0.717, 1.165) is 12.1 Å². The van der Waals surface area contributed by atoms with Gasteiger partial charge >= 0.3 is 12.3 Å². The molecule has 0 fully saturated rings. The van der Waals surface area contributed by atoms with Crippen LogP contribution in [0.4, 0.5) is 18.9 Å². The number of rotatable bonds is 4. The summed E-state index contributed by atoms with van der Waals surface area (Å²) in [6, 6.07) is 4.49. The van der Waals surface area contributed by atoms with Crippen LogP contribution in [0.2, 0.25) is 0 Å². The van der Waals surface area contributed by atoms with Crippen molar-refractivity contribution in [2.75, 3.05) is 5.32 Å². The molecule has 0 aromatic heterocycles. The lowest BCUT2D eigenvalue weighted by molar-refractivity contribution is -0.274. The van der Waals surface area contributed by atoms with Gasteiger partial charge < -0.3 is 15.2 Å². The highest BCUT2D eigenvalue weighted by molar-refractivity contribution is 6.08. The van der Waals surface area contributed by atoms with E-state index in [-0.39, 0.29) is 16.8 Å². The molecule has 1 aromatic rings. The van der Waals surface area contributed by atoms with Crippen LogP contribution in [0.25, 0.3) is 0 Å². The zero-order valence-electron chi connectivity index (χ0n) is 11.1. The van der Waals surface area contributed by atoms with Crippen molar-refractivity contribution in [3.05, 3.63) is 35.4 Å². The third-order valence-corrected chi connectivity index (χ3v) is 2.57. The molecule has 0 unspecified atom stereocenters. The molecule has 5 nitrogen and oxygen atoms in total. The van der Waals surface area contributed by atoms with E-state index in [2.05, 4.69) is 10.1 Å². The van der Waals surface area contributed by atoms with Crippen LogP contribution in [0.5, 0.6) is 5.75 Å². The molecule has 1 rings (SSSR count). The van der Waals surface area contributed by atoms with Crippen molar-refractivity contribution in [2.45, 2.75) is 20.2 Å². The van der Waals surface area contributed by atoms with Gasteiger partial charge in [0.05, 0.1) is 0 Å². The van der Waals surface area contributed by atoms with Crippen molar-refractivity contribution >= 4 is 17.6 Å². The van der Waals surface area contributed by atoms with Crippen molar-refractivity contribution in [3.63, 3.8) is 0 Å². The van der Waals surface area contributed by atoms with Gasteiger partial charge in [0.15, 0.2) is 0 Å². The van der Waals surface area contributed by atoms with Gasteiger partial charge in [0, 0.05) is 16.8 Å². The second-order valence-corrected chi connectivity index (χ2v) is 4.08. The number of carboxylic acid groups (broad SMARTS) is 1. The van der Waals surface area contributed by atoms with Crippen LogP contribution in [0.15, 0.2) is 35.4 Å². The average Bonchev–Trinajstić information content (AvgIpc) is 2.37. The van der Waals surface area contributed by atoms with E-state index in [9.17, 15) is 22.8 Å². The molecule has 0 atom stereocenters. The van der Waals surface area contributed by atoms with E-state index in [1.807, 2.05) is 0 Å². The van der Waals surface area contributed by atoms with Crippen molar-refractivity contribution in [1.29, 1.82) is 0 Å².